The summed E-state index contributed by atoms with van der Waals surface area (Å²) in [6, 6.07) is 7.60. The van der Waals surface area contributed by atoms with Crippen LogP contribution in [0.2, 0.25) is 0 Å². The van der Waals surface area contributed by atoms with Gasteiger partial charge in [-0.2, -0.15) is 0 Å². The van der Waals surface area contributed by atoms with Gasteiger partial charge in [0.25, 0.3) is 0 Å². The number of β-amino-alcohol motifs (C(OH)–C–C–N with tert-alkyl or cyclic N) is 1. The molecule has 0 amide bonds. The molecule has 1 fully saturated rings. The minimum atomic E-state index is -0.447. The lowest BCUT2D eigenvalue weighted by molar-refractivity contribution is 0.0505. The molecule has 0 bridgehead atoms. The predicted molar refractivity (Wildman–Crippen MR) is 76.3 cm³/mol. The molecule has 0 spiro atoms. The molecule has 4 nitrogen and oxygen atoms in total. The number of benzene rings is 1. The van der Waals surface area contributed by atoms with Crippen molar-refractivity contribution in [3.05, 3.63) is 36.8 Å². The number of piperazine rings is 1. The van der Waals surface area contributed by atoms with E-state index in [0.717, 1.165) is 37.5 Å². The number of ether oxygens (including phenoxy) is 1. The van der Waals surface area contributed by atoms with Gasteiger partial charge in [-0.3, -0.25) is 4.90 Å². The monoisotopic (exact) mass is 263 g/mol. The zero-order chi connectivity index (χ0) is 13.7. The van der Waals surface area contributed by atoms with Crippen LogP contribution in [0.4, 0.5) is 0 Å². The molecule has 2 rings (SSSR count). The molecule has 0 saturated carbocycles. The highest BCUT2D eigenvalue weighted by Gasteiger charge is 2.17. The van der Waals surface area contributed by atoms with Crippen molar-refractivity contribution in [1.82, 2.24) is 9.80 Å². The van der Waals surface area contributed by atoms with E-state index in [1.165, 1.54) is 0 Å². The highest BCUT2D eigenvalue weighted by molar-refractivity contribution is 5.29. The quantitative estimate of drug-likeness (QED) is 0.854. The third-order valence-corrected chi connectivity index (χ3v) is 3.41. The van der Waals surface area contributed by atoms with E-state index in [4.69, 9.17) is 4.74 Å². The predicted octanol–water partition coefficient (Wildman–Crippen LogP) is 0.856. The summed E-state index contributed by atoms with van der Waals surface area (Å²) in [5, 5.41) is 10.0. The number of aliphatic hydroxyl groups excluding tert-OH is 1. The van der Waals surface area contributed by atoms with E-state index in [2.05, 4.69) is 23.8 Å². The minimum absolute atomic E-state index is 0.329. The van der Waals surface area contributed by atoms with E-state index >= 15 is 0 Å². The molecule has 1 radical (unpaired) electrons. The van der Waals surface area contributed by atoms with Gasteiger partial charge in [0, 0.05) is 32.7 Å². The Morgan fingerprint density at radius 3 is 2.74 bits per heavy atom. The van der Waals surface area contributed by atoms with Gasteiger partial charge < -0.3 is 14.7 Å². The summed E-state index contributed by atoms with van der Waals surface area (Å²) in [7, 11) is 2.13. The number of likely N-dealkylation sites (N-methyl/N-ethyl adjacent to an activating group) is 1. The van der Waals surface area contributed by atoms with Gasteiger partial charge in [-0.1, -0.05) is 12.1 Å². The Hall–Kier alpha value is -1.10. The Balaban J connectivity index is 1.71. The molecule has 1 atom stereocenters. The van der Waals surface area contributed by atoms with Gasteiger partial charge in [-0.15, -0.1) is 0 Å². The van der Waals surface area contributed by atoms with Crippen molar-refractivity contribution >= 4 is 0 Å². The SMILES string of the molecule is [CH2]c1cccc(OCC(O)CN2CCN(C)CC2)c1. The molecular weight excluding hydrogens is 240 g/mol. The van der Waals surface area contributed by atoms with Crippen molar-refractivity contribution in [2.75, 3.05) is 46.4 Å². The average Bonchev–Trinajstić information content (AvgIpc) is 2.39. The number of hydrogen-bond acceptors (Lipinski definition) is 4. The van der Waals surface area contributed by atoms with Crippen molar-refractivity contribution in [3.8, 4) is 5.75 Å². The Morgan fingerprint density at radius 1 is 1.32 bits per heavy atom. The topological polar surface area (TPSA) is 35.9 Å². The molecule has 4 heteroatoms. The fraction of sp³-hybridized carbons (Fsp3) is 0.533. The van der Waals surface area contributed by atoms with Gasteiger partial charge in [-0.25, -0.2) is 0 Å². The molecule has 1 aliphatic heterocycles. The Bertz CT molecular complexity index is 389. The van der Waals surface area contributed by atoms with E-state index in [9.17, 15) is 5.11 Å². The van der Waals surface area contributed by atoms with Crippen LogP contribution in [-0.2, 0) is 0 Å². The summed E-state index contributed by atoms with van der Waals surface area (Å²) >= 11 is 0. The number of nitrogens with zero attached hydrogens (tertiary/aromatic N) is 2. The Labute approximate surface area is 115 Å². The fourth-order valence-corrected chi connectivity index (χ4v) is 2.21. The van der Waals surface area contributed by atoms with Gasteiger partial charge in [-0.05, 0) is 31.7 Å². The molecule has 105 valence electrons. The molecule has 0 aliphatic carbocycles. The maximum atomic E-state index is 10.0. The first kappa shape index (κ1) is 14.3. The fourth-order valence-electron chi connectivity index (χ4n) is 2.21. The van der Waals surface area contributed by atoms with Crippen molar-refractivity contribution in [2.45, 2.75) is 6.10 Å². The molecule has 1 N–H and O–H groups in total. The van der Waals surface area contributed by atoms with Gasteiger partial charge in [0.2, 0.25) is 0 Å². The van der Waals surface area contributed by atoms with E-state index in [1.54, 1.807) is 0 Å². The van der Waals surface area contributed by atoms with E-state index in [0.29, 0.717) is 13.2 Å². The smallest absolute Gasteiger partial charge is 0.119 e. The second kappa shape index (κ2) is 6.89. The van der Waals surface area contributed by atoms with Gasteiger partial charge in [0.05, 0.1) is 0 Å². The van der Waals surface area contributed by atoms with Crippen molar-refractivity contribution in [2.24, 2.45) is 0 Å². The van der Waals surface area contributed by atoms with Crippen LogP contribution in [0.1, 0.15) is 5.56 Å². The van der Waals surface area contributed by atoms with Crippen LogP contribution in [0.3, 0.4) is 0 Å². The average molecular weight is 263 g/mol. The highest BCUT2D eigenvalue weighted by atomic mass is 16.5. The molecule has 1 heterocycles. The molecular formula is C15H23N2O2. The molecule has 0 aromatic heterocycles. The first-order valence-electron chi connectivity index (χ1n) is 6.77. The van der Waals surface area contributed by atoms with Crippen LogP contribution in [0, 0.1) is 6.92 Å². The van der Waals surface area contributed by atoms with Crippen LogP contribution < -0.4 is 4.74 Å². The Morgan fingerprint density at radius 2 is 2.05 bits per heavy atom. The maximum Gasteiger partial charge on any atom is 0.119 e. The normalized spacial score (nSPS) is 19.3. The van der Waals surface area contributed by atoms with Crippen LogP contribution in [-0.4, -0.2) is 67.4 Å². The summed E-state index contributed by atoms with van der Waals surface area (Å²) < 4.78 is 5.58. The minimum Gasteiger partial charge on any atom is -0.491 e. The highest BCUT2D eigenvalue weighted by Crippen LogP contribution is 2.12. The molecule has 1 aliphatic rings. The molecule has 1 aromatic carbocycles. The van der Waals surface area contributed by atoms with Gasteiger partial charge >= 0.3 is 0 Å². The molecule has 19 heavy (non-hydrogen) atoms. The maximum absolute atomic E-state index is 10.0. The summed E-state index contributed by atoms with van der Waals surface area (Å²) in [6.45, 7) is 9.03. The summed E-state index contributed by atoms with van der Waals surface area (Å²) in [6.07, 6.45) is -0.447. The molecule has 1 saturated heterocycles. The third-order valence-electron chi connectivity index (χ3n) is 3.41. The Kier molecular flexibility index (Phi) is 5.19. The summed E-state index contributed by atoms with van der Waals surface area (Å²) in [4.78, 5) is 4.59. The number of aliphatic hydroxyl groups is 1. The van der Waals surface area contributed by atoms with Gasteiger partial charge in [0.15, 0.2) is 0 Å². The lowest BCUT2D eigenvalue weighted by Gasteiger charge is -2.33. The lowest BCUT2D eigenvalue weighted by atomic mass is 10.2. The third kappa shape index (κ3) is 4.82. The number of rotatable bonds is 5. The van der Waals surface area contributed by atoms with Crippen LogP contribution in [0.25, 0.3) is 0 Å². The van der Waals surface area contributed by atoms with Crippen molar-refractivity contribution in [3.63, 3.8) is 0 Å². The van der Waals surface area contributed by atoms with E-state index in [1.807, 2.05) is 24.3 Å². The van der Waals surface area contributed by atoms with Crippen molar-refractivity contribution in [1.29, 1.82) is 0 Å². The zero-order valence-electron chi connectivity index (χ0n) is 11.6. The largest absolute Gasteiger partial charge is 0.491 e. The van der Waals surface area contributed by atoms with Gasteiger partial charge in [0.1, 0.15) is 18.5 Å². The standard InChI is InChI=1S/C15H23N2O2/c1-13-4-3-5-15(10-13)19-12-14(18)11-17-8-6-16(2)7-9-17/h3-5,10,14,18H,1,6-9,11-12H2,2H3. The first-order chi connectivity index (χ1) is 9.13. The second-order valence-corrected chi connectivity index (χ2v) is 5.22. The summed E-state index contributed by atoms with van der Waals surface area (Å²) in [5.74, 6) is 0.768. The molecule has 1 aromatic rings. The molecule has 1 unspecified atom stereocenters. The van der Waals surface area contributed by atoms with E-state index < -0.39 is 6.10 Å². The zero-order valence-corrected chi connectivity index (χ0v) is 11.6. The van der Waals surface area contributed by atoms with Crippen LogP contribution in [0.5, 0.6) is 5.75 Å². The second-order valence-electron chi connectivity index (χ2n) is 5.22. The van der Waals surface area contributed by atoms with Crippen molar-refractivity contribution < 1.29 is 9.84 Å². The first-order valence-corrected chi connectivity index (χ1v) is 6.77. The lowest BCUT2D eigenvalue weighted by Crippen LogP contribution is -2.47. The number of hydrogen-bond donors (Lipinski definition) is 1. The van der Waals surface area contributed by atoms with Crippen LogP contribution >= 0.6 is 0 Å². The van der Waals surface area contributed by atoms with Crippen LogP contribution in [0.15, 0.2) is 24.3 Å². The van der Waals surface area contributed by atoms with E-state index in [-0.39, 0.29) is 0 Å². The summed E-state index contributed by atoms with van der Waals surface area (Å²) in [5.41, 5.74) is 0.922.